The summed E-state index contributed by atoms with van der Waals surface area (Å²) in [6, 6.07) is 7.49. The van der Waals surface area contributed by atoms with Gasteiger partial charge in [0.15, 0.2) is 0 Å². The zero-order chi connectivity index (χ0) is 13.8. The van der Waals surface area contributed by atoms with Gasteiger partial charge in [0, 0.05) is 16.7 Å². The molecule has 1 N–H and O–H groups in total. The largest absolute Gasteiger partial charge is 0.475 e. The third kappa shape index (κ3) is 3.32. The van der Waals surface area contributed by atoms with E-state index < -0.39 is 5.97 Å². The lowest BCUT2D eigenvalue weighted by atomic mass is 10.1. The van der Waals surface area contributed by atoms with Gasteiger partial charge in [-0.05, 0) is 24.2 Å². The third-order valence-corrected chi connectivity index (χ3v) is 4.00. The number of carboxylic acid groups (broad SMARTS) is 1. The molecule has 0 saturated heterocycles. The van der Waals surface area contributed by atoms with E-state index in [4.69, 9.17) is 4.42 Å². The summed E-state index contributed by atoms with van der Waals surface area (Å²) < 4.78 is 5.43. The molecule has 1 aromatic carbocycles. The van der Waals surface area contributed by atoms with E-state index in [2.05, 4.69) is 13.8 Å². The van der Waals surface area contributed by atoms with Crippen LogP contribution in [-0.4, -0.2) is 16.8 Å². The number of benzene rings is 1. The van der Waals surface area contributed by atoms with E-state index >= 15 is 0 Å². The Hall–Kier alpha value is -1.42. The summed E-state index contributed by atoms with van der Waals surface area (Å²) in [6.45, 7) is 4.38. The first-order chi connectivity index (χ1) is 9.09. The van der Waals surface area contributed by atoms with Crippen molar-refractivity contribution in [3.8, 4) is 0 Å². The van der Waals surface area contributed by atoms with Crippen LogP contribution in [0, 0.1) is 5.92 Å². The van der Waals surface area contributed by atoms with Crippen molar-refractivity contribution in [2.75, 3.05) is 5.75 Å². The fourth-order valence-corrected chi connectivity index (χ4v) is 3.18. The molecule has 19 heavy (non-hydrogen) atoms. The summed E-state index contributed by atoms with van der Waals surface area (Å²) in [5.74, 6) is 1.49. The molecule has 0 amide bonds. The van der Waals surface area contributed by atoms with Crippen LogP contribution in [-0.2, 0) is 5.75 Å². The predicted molar refractivity (Wildman–Crippen MR) is 78.8 cm³/mol. The first-order valence-electron chi connectivity index (χ1n) is 6.41. The minimum Gasteiger partial charge on any atom is -0.475 e. The van der Waals surface area contributed by atoms with Gasteiger partial charge >= 0.3 is 5.97 Å². The highest BCUT2D eigenvalue weighted by Gasteiger charge is 2.19. The molecular formula is C15H18O3S. The molecule has 0 aliphatic heterocycles. The van der Waals surface area contributed by atoms with Gasteiger partial charge < -0.3 is 9.52 Å². The van der Waals surface area contributed by atoms with Crippen LogP contribution >= 0.6 is 11.8 Å². The summed E-state index contributed by atoms with van der Waals surface area (Å²) in [5.41, 5.74) is 1.45. The number of furan rings is 1. The van der Waals surface area contributed by atoms with E-state index in [0.29, 0.717) is 17.3 Å². The summed E-state index contributed by atoms with van der Waals surface area (Å²) in [6.07, 6.45) is 1.14. The number of rotatable bonds is 6. The van der Waals surface area contributed by atoms with Crippen LogP contribution in [0.5, 0.6) is 0 Å². The quantitative estimate of drug-likeness (QED) is 0.795. The van der Waals surface area contributed by atoms with Crippen molar-refractivity contribution in [3.05, 3.63) is 35.6 Å². The number of thioether (sulfide) groups is 1. The van der Waals surface area contributed by atoms with Gasteiger partial charge in [-0.1, -0.05) is 32.0 Å². The molecule has 0 spiro atoms. The maximum absolute atomic E-state index is 11.2. The van der Waals surface area contributed by atoms with Crippen molar-refractivity contribution in [1.82, 2.24) is 0 Å². The Morgan fingerprint density at radius 3 is 2.79 bits per heavy atom. The number of carboxylic acids is 1. The Balaban J connectivity index is 2.19. The SMILES string of the molecule is CC(C)CCSCc1c(C(=O)O)oc2ccccc12. The number of hydrogen-bond donors (Lipinski definition) is 1. The molecule has 1 heterocycles. The number of hydrogen-bond acceptors (Lipinski definition) is 3. The van der Waals surface area contributed by atoms with Crippen molar-refractivity contribution >= 4 is 28.7 Å². The van der Waals surface area contributed by atoms with Crippen LogP contribution < -0.4 is 0 Å². The molecule has 4 heteroatoms. The average molecular weight is 278 g/mol. The van der Waals surface area contributed by atoms with Gasteiger partial charge in [0.1, 0.15) is 5.58 Å². The van der Waals surface area contributed by atoms with Crippen molar-refractivity contribution in [2.45, 2.75) is 26.0 Å². The highest BCUT2D eigenvalue weighted by atomic mass is 32.2. The number of carbonyl (C=O) groups is 1. The molecule has 0 fully saturated rings. The molecule has 0 bridgehead atoms. The number of aromatic carboxylic acids is 1. The van der Waals surface area contributed by atoms with E-state index in [9.17, 15) is 9.90 Å². The van der Waals surface area contributed by atoms with Crippen molar-refractivity contribution in [3.63, 3.8) is 0 Å². The molecule has 0 saturated carbocycles. The first-order valence-corrected chi connectivity index (χ1v) is 7.56. The minimum atomic E-state index is -0.990. The van der Waals surface area contributed by atoms with E-state index in [1.54, 1.807) is 11.8 Å². The zero-order valence-corrected chi connectivity index (χ0v) is 12.0. The lowest BCUT2D eigenvalue weighted by Crippen LogP contribution is -1.98. The normalized spacial score (nSPS) is 11.3. The maximum atomic E-state index is 11.2. The molecule has 0 aliphatic carbocycles. The molecule has 1 aromatic heterocycles. The van der Waals surface area contributed by atoms with Crippen LogP contribution in [0.15, 0.2) is 28.7 Å². The van der Waals surface area contributed by atoms with Crippen molar-refractivity contribution in [2.24, 2.45) is 5.92 Å². The van der Waals surface area contributed by atoms with Crippen LogP contribution in [0.1, 0.15) is 36.4 Å². The highest BCUT2D eigenvalue weighted by molar-refractivity contribution is 7.98. The fraction of sp³-hybridized carbons (Fsp3) is 0.400. The Labute approximate surface area is 117 Å². The maximum Gasteiger partial charge on any atom is 0.372 e. The second-order valence-electron chi connectivity index (χ2n) is 4.95. The zero-order valence-electron chi connectivity index (χ0n) is 11.2. The minimum absolute atomic E-state index is 0.0817. The molecule has 0 atom stereocenters. The third-order valence-electron chi connectivity index (χ3n) is 2.98. The standard InChI is InChI=1S/C15H18O3S/c1-10(2)7-8-19-9-12-11-5-3-4-6-13(11)18-14(12)15(16)17/h3-6,10H,7-9H2,1-2H3,(H,16,17). The Bertz CT molecular complexity index is 572. The van der Waals surface area contributed by atoms with Gasteiger partial charge in [0.25, 0.3) is 0 Å². The van der Waals surface area contributed by atoms with E-state index in [-0.39, 0.29) is 5.76 Å². The van der Waals surface area contributed by atoms with Gasteiger partial charge in [0.2, 0.25) is 5.76 Å². The lowest BCUT2D eigenvalue weighted by molar-refractivity contribution is 0.0664. The molecule has 0 aliphatic rings. The van der Waals surface area contributed by atoms with E-state index in [1.165, 1.54) is 0 Å². The second kappa shape index (κ2) is 6.15. The van der Waals surface area contributed by atoms with Crippen LogP contribution in [0.25, 0.3) is 11.0 Å². The first kappa shape index (κ1) is 14.0. The van der Waals surface area contributed by atoms with Crippen LogP contribution in [0.3, 0.4) is 0 Å². The lowest BCUT2D eigenvalue weighted by Gasteiger charge is -2.04. The molecule has 102 valence electrons. The number of para-hydroxylation sites is 1. The summed E-state index contributed by atoms with van der Waals surface area (Å²) in [5, 5.41) is 10.1. The van der Waals surface area contributed by atoms with Crippen molar-refractivity contribution < 1.29 is 14.3 Å². The van der Waals surface area contributed by atoms with Gasteiger partial charge in [-0.15, -0.1) is 0 Å². The molecule has 3 nitrogen and oxygen atoms in total. The summed E-state index contributed by atoms with van der Waals surface area (Å²) in [4.78, 5) is 11.2. The monoisotopic (exact) mass is 278 g/mol. The van der Waals surface area contributed by atoms with Gasteiger partial charge in [0.05, 0.1) is 0 Å². The van der Waals surface area contributed by atoms with E-state index in [0.717, 1.165) is 23.1 Å². The van der Waals surface area contributed by atoms with Crippen LogP contribution in [0.2, 0.25) is 0 Å². The highest BCUT2D eigenvalue weighted by Crippen LogP contribution is 2.29. The molecule has 2 aromatic rings. The smallest absolute Gasteiger partial charge is 0.372 e. The molecular weight excluding hydrogens is 260 g/mol. The second-order valence-corrected chi connectivity index (χ2v) is 6.05. The Morgan fingerprint density at radius 1 is 1.37 bits per heavy atom. The summed E-state index contributed by atoms with van der Waals surface area (Å²) >= 11 is 1.76. The molecule has 0 unspecified atom stereocenters. The van der Waals surface area contributed by atoms with Crippen LogP contribution in [0.4, 0.5) is 0 Å². The number of fused-ring (bicyclic) bond motifs is 1. The Kier molecular flexibility index (Phi) is 4.53. The molecule has 0 radical (unpaired) electrons. The van der Waals surface area contributed by atoms with Gasteiger partial charge in [-0.2, -0.15) is 11.8 Å². The predicted octanol–water partition coefficient (Wildman–Crippen LogP) is 4.41. The van der Waals surface area contributed by atoms with Gasteiger partial charge in [-0.3, -0.25) is 0 Å². The van der Waals surface area contributed by atoms with Crippen molar-refractivity contribution in [1.29, 1.82) is 0 Å². The average Bonchev–Trinajstić information content (AvgIpc) is 2.73. The van der Waals surface area contributed by atoms with E-state index in [1.807, 2.05) is 24.3 Å². The Morgan fingerprint density at radius 2 is 2.11 bits per heavy atom. The van der Waals surface area contributed by atoms with Gasteiger partial charge in [-0.25, -0.2) is 4.79 Å². The summed E-state index contributed by atoms with van der Waals surface area (Å²) in [7, 11) is 0. The topological polar surface area (TPSA) is 50.4 Å². The molecule has 2 rings (SSSR count). The fourth-order valence-electron chi connectivity index (χ4n) is 1.91.